The lowest BCUT2D eigenvalue weighted by Gasteiger charge is -2.39. The molecule has 0 N–H and O–H groups in total. The van der Waals surface area contributed by atoms with Crippen LogP contribution >= 0.6 is 0 Å². The molecule has 5 aromatic rings. The summed E-state index contributed by atoms with van der Waals surface area (Å²) in [5.41, 5.74) is 13.1. The standard InChI is InChI=1S/C42H46B/c1-40(2,3)36-27-37(34-23-19-32(20-24-34)30-15-11-9-12-16-30)39(43-29-42(7,8)41(4,5)6)38(28-36)35-25-21-33(22-26-35)31-17-13-10-14-18-31/h9-28H,29H2,1-8H3. The Kier molecular flexibility index (Phi) is 8.57. The van der Waals surface area contributed by atoms with Gasteiger partial charge < -0.3 is 0 Å². The van der Waals surface area contributed by atoms with Crippen LogP contribution in [0.25, 0.3) is 44.5 Å². The summed E-state index contributed by atoms with van der Waals surface area (Å²) in [7, 11) is 2.51. The van der Waals surface area contributed by atoms with Gasteiger partial charge in [0, 0.05) is 0 Å². The highest BCUT2D eigenvalue weighted by molar-refractivity contribution is 6.58. The zero-order valence-electron chi connectivity index (χ0n) is 27.3. The lowest BCUT2D eigenvalue weighted by atomic mass is 9.51. The van der Waals surface area contributed by atoms with Crippen molar-refractivity contribution in [2.45, 2.75) is 67.1 Å². The molecule has 1 radical (unpaired) electrons. The minimum absolute atomic E-state index is 0.0146. The van der Waals surface area contributed by atoms with Gasteiger partial charge in [-0.1, -0.05) is 189 Å². The van der Waals surface area contributed by atoms with Crippen molar-refractivity contribution in [3.05, 3.63) is 127 Å². The monoisotopic (exact) mass is 561 g/mol. The van der Waals surface area contributed by atoms with E-state index in [1.54, 1.807) is 0 Å². The maximum absolute atomic E-state index is 2.51. The molecule has 0 spiro atoms. The molecule has 5 aromatic carbocycles. The van der Waals surface area contributed by atoms with E-state index in [-0.39, 0.29) is 16.2 Å². The molecule has 0 aromatic heterocycles. The van der Waals surface area contributed by atoms with Gasteiger partial charge in [-0.25, -0.2) is 0 Å². The molecule has 0 aliphatic carbocycles. The first-order valence-corrected chi connectivity index (χ1v) is 15.7. The molecule has 0 atom stereocenters. The van der Waals surface area contributed by atoms with Gasteiger partial charge in [0.05, 0.1) is 0 Å². The van der Waals surface area contributed by atoms with E-state index in [0.717, 1.165) is 6.32 Å². The quantitative estimate of drug-likeness (QED) is 0.173. The van der Waals surface area contributed by atoms with Gasteiger partial charge in [-0.3, -0.25) is 0 Å². The highest BCUT2D eigenvalue weighted by Gasteiger charge is 2.33. The lowest BCUT2D eigenvalue weighted by molar-refractivity contribution is 0.157. The van der Waals surface area contributed by atoms with Crippen molar-refractivity contribution in [2.24, 2.45) is 10.8 Å². The average molecular weight is 562 g/mol. The molecular weight excluding hydrogens is 515 g/mol. The molecule has 0 aliphatic heterocycles. The molecule has 0 saturated heterocycles. The topological polar surface area (TPSA) is 0 Å². The van der Waals surface area contributed by atoms with Gasteiger partial charge in [-0.05, 0) is 66.3 Å². The Bertz CT molecular complexity index is 1540. The second-order valence-corrected chi connectivity index (χ2v) is 14.7. The zero-order chi connectivity index (χ0) is 30.8. The first-order valence-electron chi connectivity index (χ1n) is 15.7. The van der Waals surface area contributed by atoms with Crippen molar-refractivity contribution in [3.8, 4) is 44.5 Å². The summed E-state index contributed by atoms with van der Waals surface area (Å²) in [6, 6.07) is 44.5. The van der Waals surface area contributed by atoms with E-state index in [0.29, 0.717) is 0 Å². The Hall–Kier alpha value is -3.84. The van der Waals surface area contributed by atoms with E-state index < -0.39 is 0 Å². The SMILES string of the molecule is CC(C)(C)c1cc(-c2ccc(-c3ccccc3)cc2)c([B]CC(C)(C)C(C)(C)C)c(-c2ccc(-c3ccccc3)cc2)c1. The second kappa shape index (κ2) is 12.0. The number of benzene rings is 5. The molecule has 0 fully saturated rings. The predicted molar refractivity (Wildman–Crippen MR) is 190 cm³/mol. The number of rotatable bonds is 7. The van der Waals surface area contributed by atoms with Crippen LogP contribution in [0.2, 0.25) is 6.32 Å². The van der Waals surface area contributed by atoms with E-state index in [4.69, 9.17) is 0 Å². The first-order chi connectivity index (χ1) is 20.3. The number of hydrogen-bond donors (Lipinski definition) is 0. The third kappa shape index (κ3) is 6.88. The minimum Gasteiger partial charge on any atom is -0.0724 e. The third-order valence-electron chi connectivity index (χ3n) is 9.50. The molecular formula is C42H46B. The fourth-order valence-electron chi connectivity index (χ4n) is 5.39. The summed E-state index contributed by atoms with van der Waals surface area (Å²) in [6.07, 6.45) is 0.996. The summed E-state index contributed by atoms with van der Waals surface area (Å²) in [5.74, 6) is 0. The highest BCUT2D eigenvalue weighted by atomic mass is 14.3. The molecule has 217 valence electrons. The van der Waals surface area contributed by atoms with Crippen molar-refractivity contribution in [1.29, 1.82) is 0 Å². The molecule has 0 aliphatic rings. The van der Waals surface area contributed by atoms with Crippen LogP contribution in [-0.4, -0.2) is 7.28 Å². The van der Waals surface area contributed by atoms with Crippen molar-refractivity contribution < 1.29 is 0 Å². The minimum atomic E-state index is 0.0146. The summed E-state index contributed by atoms with van der Waals surface area (Å²) in [4.78, 5) is 0. The normalized spacial score (nSPS) is 12.3. The number of hydrogen-bond acceptors (Lipinski definition) is 0. The molecule has 0 bridgehead atoms. The summed E-state index contributed by atoms with van der Waals surface area (Å²) >= 11 is 0. The van der Waals surface area contributed by atoms with Gasteiger partial charge in [0.15, 0.2) is 7.28 Å². The van der Waals surface area contributed by atoms with Crippen molar-refractivity contribution in [1.82, 2.24) is 0 Å². The van der Waals surface area contributed by atoms with Crippen LogP contribution in [-0.2, 0) is 5.41 Å². The maximum Gasteiger partial charge on any atom is 0.153 e. The van der Waals surface area contributed by atoms with Gasteiger partial charge >= 0.3 is 0 Å². The van der Waals surface area contributed by atoms with Gasteiger partial charge in [-0.2, -0.15) is 0 Å². The molecule has 5 rings (SSSR count). The molecule has 43 heavy (non-hydrogen) atoms. The third-order valence-corrected chi connectivity index (χ3v) is 9.50. The molecule has 0 amide bonds. The van der Waals surface area contributed by atoms with E-state index >= 15 is 0 Å². The molecule has 1 heteroatoms. The van der Waals surface area contributed by atoms with Crippen LogP contribution in [0.4, 0.5) is 0 Å². The van der Waals surface area contributed by atoms with Crippen LogP contribution in [0.3, 0.4) is 0 Å². The smallest absolute Gasteiger partial charge is 0.0724 e. The van der Waals surface area contributed by atoms with Gasteiger partial charge in [-0.15, -0.1) is 0 Å². The van der Waals surface area contributed by atoms with E-state index in [9.17, 15) is 0 Å². The largest absolute Gasteiger partial charge is 0.153 e. The Morgan fingerprint density at radius 2 is 0.791 bits per heavy atom. The van der Waals surface area contributed by atoms with Crippen LogP contribution in [0.15, 0.2) is 121 Å². The summed E-state index contributed by atoms with van der Waals surface area (Å²) < 4.78 is 0. The Labute approximate surface area is 261 Å². The van der Waals surface area contributed by atoms with Crippen molar-refractivity contribution in [2.75, 3.05) is 0 Å². The second-order valence-electron chi connectivity index (χ2n) is 14.7. The van der Waals surface area contributed by atoms with Gasteiger partial charge in [0.25, 0.3) is 0 Å². The summed E-state index contributed by atoms with van der Waals surface area (Å²) in [6.45, 7) is 18.8. The average Bonchev–Trinajstić information content (AvgIpc) is 3.00. The Morgan fingerprint density at radius 3 is 1.14 bits per heavy atom. The molecule has 0 unspecified atom stereocenters. The highest BCUT2D eigenvalue weighted by Crippen LogP contribution is 2.42. The Morgan fingerprint density at radius 1 is 0.442 bits per heavy atom. The maximum atomic E-state index is 2.51. The van der Waals surface area contributed by atoms with Crippen LogP contribution in [0.5, 0.6) is 0 Å². The van der Waals surface area contributed by atoms with Crippen molar-refractivity contribution >= 4 is 12.7 Å². The van der Waals surface area contributed by atoms with Crippen LogP contribution < -0.4 is 5.46 Å². The fraction of sp³-hybridized carbons (Fsp3) is 0.286. The zero-order valence-corrected chi connectivity index (χ0v) is 27.3. The van der Waals surface area contributed by atoms with Gasteiger partial charge in [0.2, 0.25) is 0 Å². The molecule has 0 nitrogen and oxygen atoms in total. The molecule has 0 heterocycles. The first kappa shape index (κ1) is 30.6. The summed E-state index contributed by atoms with van der Waals surface area (Å²) in [5, 5.41) is 0. The predicted octanol–water partition coefficient (Wildman–Crippen LogP) is 11.5. The lowest BCUT2D eigenvalue weighted by Crippen LogP contribution is -2.34. The fourth-order valence-corrected chi connectivity index (χ4v) is 5.39. The van der Waals surface area contributed by atoms with Crippen LogP contribution in [0, 0.1) is 10.8 Å². The van der Waals surface area contributed by atoms with Crippen LogP contribution in [0.1, 0.15) is 61.0 Å². The Balaban J connectivity index is 1.67. The molecule has 0 saturated carbocycles. The van der Waals surface area contributed by atoms with E-state index in [1.165, 1.54) is 55.5 Å². The van der Waals surface area contributed by atoms with E-state index in [2.05, 4.69) is 184 Å². The van der Waals surface area contributed by atoms with E-state index in [1.807, 2.05) is 0 Å². The van der Waals surface area contributed by atoms with Gasteiger partial charge in [0.1, 0.15) is 0 Å². The van der Waals surface area contributed by atoms with Crippen molar-refractivity contribution in [3.63, 3.8) is 0 Å².